The predicted molar refractivity (Wildman–Crippen MR) is 68.1 cm³/mol. The monoisotopic (exact) mass is 318 g/mol. The van der Waals surface area contributed by atoms with Gasteiger partial charge in [0, 0.05) is 9.80 Å². The van der Waals surface area contributed by atoms with Gasteiger partial charge < -0.3 is 4.74 Å². The SMILES string of the molecule is COc1ccc(Br)c(/C=C(/C)CBr)c1. The van der Waals surface area contributed by atoms with Gasteiger partial charge >= 0.3 is 0 Å². The second-order valence-corrected chi connectivity index (χ2v) is 4.43. The molecular weight excluding hydrogens is 308 g/mol. The Morgan fingerprint density at radius 3 is 2.79 bits per heavy atom. The molecule has 1 aromatic carbocycles. The lowest BCUT2D eigenvalue weighted by atomic mass is 10.1. The first-order valence-electron chi connectivity index (χ1n) is 4.24. The third kappa shape index (κ3) is 3.14. The van der Waals surface area contributed by atoms with E-state index in [2.05, 4.69) is 44.9 Å². The lowest BCUT2D eigenvalue weighted by Gasteiger charge is -2.04. The fraction of sp³-hybridized carbons (Fsp3) is 0.273. The Morgan fingerprint density at radius 1 is 1.50 bits per heavy atom. The van der Waals surface area contributed by atoms with Gasteiger partial charge in [0.25, 0.3) is 0 Å². The minimum Gasteiger partial charge on any atom is -0.497 e. The third-order valence-electron chi connectivity index (χ3n) is 1.82. The van der Waals surface area contributed by atoms with Crippen molar-refractivity contribution in [1.82, 2.24) is 0 Å². The van der Waals surface area contributed by atoms with E-state index in [1.807, 2.05) is 18.2 Å². The van der Waals surface area contributed by atoms with Gasteiger partial charge in [-0.2, -0.15) is 0 Å². The molecule has 0 radical (unpaired) electrons. The van der Waals surface area contributed by atoms with Crippen molar-refractivity contribution in [3.8, 4) is 5.75 Å². The molecule has 0 saturated heterocycles. The smallest absolute Gasteiger partial charge is 0.119 e. The number of rotatable bonds is 3. The summed E-state index contributed by atoms with van der Waals surface area (Å²) >= 11 is 6.92. The summed E-state index contributed by atoms with van der Waals surface area (Å²) in [5, 5.41) is 0.886. The highest BCUT2D eigenvalue weighted by atomic mass is 79.9. The van der Waals surface area contributed by atoms with Gasteiger partial charge in [-0.1, -0.05) is 43.5 Å². The van der Waals surface area contributed by atoms with Crippen LogP contribution in [0.4, 0.5) is 0 Å². The summed E-state index contributed by atoms with van der Waals surface area (Å²) in [4.78, 5) is 0. The Hall–Kier alpha value is -0.280. The van der Waals surface area contributed by atoms with E-state index in [-0.39, 0.29) is 0 Å². The minimum atomic E-state index is 0.877. The van der Waals surface area contributed by atoms with Crippen LogP contribution in [0.25, 0.3) is 6.08 Å². The maximum Gasteiger partial charge on any atom is 0.119 e. The number of benzene rings is 1. The molecule has 1 rings (SSSR count). The van der Waals surface area contributed by atoms with E-state index in [4.69, 9.17) is 4.74 Å². The molecule has 0 spiro atoms. The van der Waals surface area contributed by atoms with E-state index in [9.17, 15) is 0 Å². The van der Waals surface area contributed by atoms with Crippen molar-refractivity contribution >= 4 is 37.9 Å². The Balaban J connectivity index is 3.06. The second-order valence-electron chi connectivity index (χ2n) is 3.01. The maximum atomic E-state index is 5.16. The largest absolute Gasteiger partial charge is 0.497 e. The molecule has 0 aliphatic rings. The van der Waals surface area contributed by atoms with E-state index in [1.165, 1.54) is 5.57 Å². The van der Waals surface area contributed by atoms with E-state index >= 15 is 0 Å². The zero-order chi connectivity index (χ0) is 10.6. The summed E-state index contributed by atoms with van der Waals surface area (Å²) in [6.45, 7) is 2.08. The first kappa shape index (κ1) is 11.8. The molecule has 0 unspecified atom stereocenters. The molecule has 0 fully saturated rings. The van der Waals surface area contributed by atoms with E-state index in [1.54, 1.807) is 7.11 Å². The van der Waals surface area contributed by atoms with Gasteiger partial charge in [-0.05, 0) is 30.7 Å². The lowest BCUT2D eigenvalue weighted by Crippen LogP contribution is -1.85. The maximum absolute atomic E-state index is 5.16. The molecule has 1 aromatic rings. The second kappa shape index (κ2) is 5.56. The molecule has 0 N–H and O–H groups in total. The molecule has 0 saturated carbocycles. The molecule has 0 bridgehead atoms. The Labute approximate surface area is 101 Å². The van der Waals surface area contributed by atoms with Crippen LogP contribution in [-0.4, -0.2) is 12.4 Å². The fourth-order valence-electron chi connectivity index (χ4n) is 1.06. The van der Waals surface area contributed by atoms with Crippen molar-refractivity contribution in [1.29, 1.82) is 0 Å². The zero-order valence-electron chi connectivity index (χ0n) is 8.18. The topological polar surface area (TPSA) is 9.23 Å². The number of hydrogen-bond acceptors (Lipinski definition) is 1. The highest BCUT2D eigenvalue weighted by molar-refractivity contribution is 9.10. The van der Waals surface area contributed by atoms with Crippen LogP contribution in [0.1, 0.15) is 12.5 Å². The van der Waals surface area contributed by atoms with Gasteiger partial charge in [-0.25, -0.2) is 0 Å². The molecule has 76 valence electrons. The van der Waals surface area contributed by atoms with Gasteiger partial charge in [0.1, 0.15) is 5.75 Å². The average molecular weight is 320 g/mol. The number of hydrogen-bond donors (Lipinski definition) is 0. The molecule has 3 heteroatoms. The number of allylic oxidation sites excluding steroid dienone is 1. The molecule has 0 atom stereocenters. The van der Waals surface area contributed by atoms with Crippen LogP contribution < -0.4 is 4.74 Å². The quantitative estimate of drug-likeness (QED) is 0.757. The van der Waals surface area contributed by atoms with Crippen LogP contribution >= 0.6 is 31.9 Å². The molecule has 0 amide bonds. The zero-order valence-corrected chi connectivity index (χ0v) is 11.4. The summed E-state index contributed by atoms with van der Waals surface area (Å²) in [6.07, 6.45) is 2.13. The van der Waals surface area contributed by atoms with E-state index < -0.39 is 0 Å². The van der Waals surface area contributed by atoms with Crippen molar-refractivity contribution < 1.29 is 4.74 Å². The Morgan fingerprint density at radius 2 is 2.21 bits per heavy atom. The number of alkyl halides is 1. The van der Waals surface area contributed by atoms with Crippen LogP contribution in [0.3, 0.4) is 0 Å². The normalized spacial score (nSPS) is 11.6. The molecule has 1 nitrogen and oxygen atoms in total. The molecule has 0 heterocycles. The van der Waals surface area contributed by atoms with Crippen LogP contribution in [0.2, 0.25) is 0 Å². The van der Waals surface area contributed by atoms with Gasteiger partial charge in [0.05, 0.1) is 7.11 Å². The predicted octanol–water partition coefficient (Wildman–Crippen LogP) is 4.26. The molecular formula is C11H12Br2O. The van der Waals surface area contributed by atoms with E-state index in [0.29, 0.717) is 0 Å². The van der Waals surface area contributed by atoms with Gasteiger partial charge in [-0.3, -0.25) is 0 Å². The average Bonchev–Trinajstić information content (AvgIpc) is 2.21. The summed E-state index contributed by atoms with van der Waals surface area (Å²) in [5.41, 5.74) is 2.42. The van der Waals surface area contributed by atoms with Crippen molar-refractivity contribution in [2.75, 3.05) is 12.4 Å². The van der Waals surface area contributed by atoms with E-state index in [0.717, 1.165) is 21.1 Å². The van der Waals surface area contributed by atoms with Gasteiger partial charge in [-0.15, -0.1) is 0 Å². The van der Waals surface area contributed by atoms with Gasteiger partial charge in [0.15, 0.2) is 0 Å². The number of methoxy groups -OCH3 is 1. The van der Waals surface area contributed by atoms with Crippen LogP contribution in [0, 0.1) is 0 Å². The highest BCUT2D eigenvalue weighted by Crippen LogP contribution is 2.24. The molecule has 0 aliphatic carbocycles. The fourth-order valence-corrected chi connectivity index (χ4v) is 1.59. The third-order valence-corrected chi connectivity index (χ3v) is 3.42. The summed E-state index contributed by atoms with van der Waals surface area (Å²) in [5.74, 6) is 0.877. The van der Waals surface area contributed by atoms with Crippen molar-refractivity contribution in [2.45, 2.75) is 6.92 Å². The van der Waals surface area contributed by atoms with Crippen LogP contribution in [0.5, 0.6) is 5.75 Å². The van der Waals surface area contributed by atoms with Crippen molar-refractivity contribution in [3.63, 3.8) is 0 Å². The van der Waals surface area contributed by atoms with Gasteiger partial charge in [0.2, 0.25) is 0 Å². The molecule has 14 heavy (non-hydrogen) atoms. The summed E-state index contributed by atoms with van der Waals surface area (Å²) in [7, 11) is 1.67. The summed E-state index contributed by atoms with van der Waals surface area (Å²) < 4.78 is 6.25. The minimum absolute atomic E-state index is 0.877. The van der Waals surface area contributed by atoms with Crippen LogP contribution in [-0.2, 0) is 0 Å². The Kier molecular flexibility index (Phi) is 4.69. The highest BCUT2D eigenvalue weighted by Gasteiger charge is 1.99. The summed E-state index contributed by atoms with van der Waals surface area (Å²) in [6, 6.07) is 5.94. The molecule has 0 aliphatic heterocycles. The lowest BCUT2D eigenvalue weighted by molar-refractivity contribution is 0.414. The first-order chi connectivity index (χ1) is 6.67. The molecule has 0 aromatic heterocycles. The number of halogens is 2. The van der Waals surface area contributed by atoms with Crippen LogP contribution in [0.15, 0.2) is 28.2 Å². The Bertz CT molecular complexity index is 345. The van der Waals surface area contributed by atoms with Crippen molar-refractivity contribution in [3.05, 3.63) is 33.8 Å². The van der Waals surface area contributed by atoms with Crippen molar-refractivity contribution in [2.24, 2.45) is 0 Å². The standard InChI is InChI=1S/C11H12Br2O/c1-8(7-12)5-9-6-10(14-2)3-4-11(9)13/h3-6H,7H2,1-2H3/b8-5-. The number of ether oxygens (including phenoxy) is 1. The first-order valence-corrected chi connectivity index (χ1v) is 6.15.